The Morgan fingerprint density at radius 1 is 1.59 bits per heavy atom. The van der Waals surface area contributed by atoms with E-state index >= 15 is 0 Å². The average molecular weight is 237 g/mol. The van der Waals surface area contributed by atoms with Crippen LogP contribution in [0.3, 0.4) is 0 Å². The molecule has 0 radical (unpaired) electrons. The minimum atomic E-state index is -0.585. The van der Waals surface area contributed by atoms with Gasteiger partial charge >= 0.3 is 0 Å². The van der Waals surface area contributed by atoms with Crippen LogP contribution in [0.5, 0.6) is 0 Å². The fourth-order valence-corrected chi connectivity index (χ4v) is 2.80. The number of aryl methyl sites for hydroxylation is 1. The second kappa shape index (κ2) is 5.19. The fraction of sp³-hybridized carbons (Fsp3) is 0.769. The van der Waals surface area contributed by atoms with Gasteiger partial charge in [0.25, 0.3) is 0 Å². The minimum Gasteiger partial charge on any atom is -0.389 e. The first kappa shape index (κ1) is 12.6. The van der Waals surface area contributed by atoms with E-state index in [9.17, 15) is 5.11 Å². The summed E-state index contributed by atoms with van der Waals surface area (Å²) < 4.78 is 2.12. The van der Waals surface area contributed by atoms with Crippen molar-refractivity contribution in [1.29, 1.82) is 0 Å². The summed E-state index contributed by atoms with van der Waals surface area (Å²) in [5.41, 5.74) is -0.585. The van der Waals surface area contributed by atoms with Gasteiger partial charge in [-0.3, -0.25) is 0 Å². The van der Waals surface area contributed by atoms with Crippen molar-refractivity contribution in [3.63, 3.8) is 0 Å². The van der Waals surface area contributed by atoms with E-state index in [4.69, 9.17) is 0 Å². The first-order valence-electron chi connectivity index (χ1n) is 6.62. The largest absolute Gasteiger partial charge is 0.389 e. The van der Waals surface area contributed by atoms with Gasteiger partial charge in [-0.05, 0) is 26.3 Å². The lowest BCUT2D eigenvalue weighted by Gasteiger charge is -2.40. The third-order valence-electron chi connectivity index (χ3n) is 3.98. The van der Waals surface area contributed by atoms with Crippen LogP contribution in [0.25, 0.3) is 0 Å². The molecule has 17 heavy (non-hydrogen) atoms. The molecule has 2 heterocycles. The maximum Gasteiger partial charge on any atom is 0.111 e. The Bertz CT molecular complexity index is 363. The third kappa shape index (κ3) is 2.53. The Morgan fingerprint density at radius 2 is 2.41 bits per heavy atom. The predicted octanol–water partition coefficient (Wildman–Crippen LogP) is 1.20. The summed E-state index contributed by atoms with van der Waals surface area (Å²) in [6, 6.07) is 0. The van der Waals surface area contributed by atoms with Gasteiger partial charge in [0.2, 0.25) is 0 Å². The molecule has 2 N–H and O–H groups in total. The van der Waals surface area contributed by atoms with Crippen LogP contribution in [-0.4, -0.2) is 33.3 Å². The Labute approximate surface area is 103 Å². The van der Waals surface area contributed by atoms with Crippen LogP contribution in [0.4, 0.5) is 0 Å². The summed E-state index contributed by atoms with van der Waals surface area (Å²) in [7, 11) is 0. The molecule has 1 aromatic heterocycles. The van der Waals surface area contributed by atoms with Gasteiger partial charge in [-0.15, -0.1) is 0 Å². The molecule has 1 aliphatic heterocycles. The van der Waals surface area contributed by atoms with Gasteiger partial charge in [-0.1, -0.05) is 6.92 Å². The number of rotatable bonds is 4. The lowest BCUT2D eigenvalue weighted by atomic mass is 9.77. The lowest BCUT2D eigenvalue weighted by molar-refractivity contribution is -0.0434. The van der Waals surface area contributed by atoms with E-state index in [0.29, 0.717) is 12.3 Å². The van der Waals surface area contributed by atoms with Gasteiger partial charge in [-0.2, -0.15) is 0 Å². The zero-order chi connectivity index (χ0) is 12.3. The van der Waals surface area contributed by atoms with Crippen LogP contribution in [0.2, 0.25) is 0 Å². The SMILES string of the molecule is CCC1CNCCC1(O)Cc1nccn1CC. The summed E-state index contributed by atoms with van der Waals surface area (Å²) in [4.78, 5) is 4.38. The lowest BCUT2D eigenvalue weighted by Crippen LogP contribution is -2.51. The number of nitrogens with one attached hydrogen (secondary N) is 1. The molecular weight excluding hydrogens is 214 g/mol. The first-order chi connectivity index (χ1) is 8.19. The third-order valence-corrected chi connectivity index (χ3v) is 3.98. The van der Waals surface area contributed by atoms with Gasteiger partial charge in [0, 0.05) is 37.8 Å². The molecule has 4 nitrogen and oxygen atoms in total. The standard InChI is InChI=1S/C13H23N3O/c1-3-11-10-14-6-5-13(11,17)9-12-15-7-8-16(12)4-2/h7-8,11,14,17H,3-6,9-10H2,1-2H3. The second-order valence-electron chi connectivity index (χ2n) is 4.97. The Hall–Kier alpha value is -0.870. The molecule has 1 saturated heterocycles. The van der Waals surface area contributed by atoms with Gasteiger partial charge in [-0.25, -0.2) is 4.98 Å². The maximum atomic E-state index is 10.8. The van der Waals surface area contributed by atoms with E-state index in [2.05, 4.69) is 28.7 Å². The topological polar surface area (TPSA) is 50.1 Å². The van der Waals surface area contributed by atoms with Crippen LogP contribution in [0, 0.1) is 5.92 Å². The molecule has 2 atom stereocenters. The van der Waals surface area contributed by atoms with Crippen LogP contribution in [0.15, 0.2) is 12.4 Å². The quantitative estimate of drug-likeness (QED) is 0.827. The fourth-order valence-electron chi connectivity index (χ4n) is 2.80. The van der Waals surface area contributed by atoms with Crippen molar-refractivity contribution in [2.24, 2.45) is 5.92 Å². The first-order valence-corrected chi connectivity index (χ1v) is 6.62. The number of aromatic nitrogens is 2. The highest BCUT2D eigenvalue weighted by Gasteiger charge is 2.38. The number of piperidine rings is 1. The van der Waals surface area contributed by atoms with E-state index in [1.54, 1.807) is 0 Å². The number of hydrogen-bond acceptors (Lipinski definition) is 3. The maximum absolute atomic E-state index is 10.8. The Kier molecular flexibility index (Phi) is 3.84. The zero-order valence-corrected chi connectivity index (χ0v) is 10.8. The molecule has 0 amide bonds. The van der Waals surface area contributed by atoms with Crippen molar-refractivity contribution in [1.82, 2.24) is 14.9 Å². The highest BCUT2D eigenvalue weighted by Crippen LogP contribution is 2.30. The van der Waals surface area contributed by atoms with E-state index in [1.165, 1.54) is 0 Å². The summed E-state index contributed by atoms with van der Waals surface area (Å²) in [6.07, 6.45) is 6.32. The zero-order valence-electron chi connectivity index (χ0n) is 10.8. The molecule has 2 rings (SSSR count). The number of imidazole rings is 1. The summed E-state index contributed by atoms with van der Waals surface area (Å²) in [6.45, 7) is 6.99. The van der Waals surface area contributed by atoms with Gasteiger partial charge < -0.3 is 15.0 Å². The average Bonchev–Trinajstić information content (AvgIpc) is 2.76. The van der Waals surface area contributed by atoms with Crippen molar-refractivity contribution >= 4 is 0 Å². The molecule has 4 heteroatoms. The molecule has 0 aromatic carbocycles. The van der Waals surface area contributed by atoms with E-state index < -0.39 is 5.60 Å². The van der Waals surface area contributed by atoms with Crippen molar-refractivity contribution in [2.75, 3.05) is 13.1 Å². The molecule has 2 unspecified atom stereocenters. The number of nitrogens with zero attached hydrogens (tertiary/aromatic N) is 2. The van der Waals surface area contributed by atoms with Crippen LogP contribution >= 0.6 is 0 Å². The molecule has 1 aromatic rings. The molecule has 96 valence electrons. The van der Waals surface area contributed by atoms with Crippen LogP contribution in [-0.2, 0) is 13.0 Å². The Morgan fingerprint density at radius 3 is 3.12 bits per heavy atom. The van der Waals surface area contributed by atoms with Crippen molar-refractivity contribution in [3.05, 3.63) is 18.2 Å². The normalized spacial score (nSPS) is 29.5. The smallest absolute Gasteiger partial charge is 0.111 e. The molecule has 0 saturated carbocycles. The van der Waals surface area contributed by atoms with E-state index in [1.807, 2.05) is 12.4 Å². The van der Waals surface area contributed by atoms with Crippen molar-refractivity contribution in [2.45, 2.75) is 45.3 Å². The second-order valence-corrected chi connectivity index (χ2v) is 4.97. The predicted molar refractivity (Wildman–Crippen MR) is 67.8 cm³/mol. The highest BCUT2D eigenvalue weighted by molar-refractivity contribution is 5.03. The molecule has 1 aliphatic rings. The number of aliphatic hydroxyl groups is 1. The van der Waals surface area contributed by atoms with Gasteiger partial charge in [0.05, 0.1) is 5.60 Å². The molecule has 0 spiro atoms. The number of hydrogen-bond donors (Lipinski definition) is 2. The van der Waals surface area contributed by atoms with Crippen LogP contribution < -0.4 is 5.32 Å². The van der Waals surface area contributed by atoms with Crippen LogP contribution in [0.1, 0.15) is 32.5 Å². The van der Waals surface area contributed by atoms with Crippen molar-refractivity contribution < 1.29 is 5.11 Å². The highest BCUT2D eigenvalue weighted by atomic mass is 16.3. The van der Waals surface area contributed by atoms with Crippen molar-refractivity contribution in [3.8, 4) is 0 Å². The molecule has 0 bridgehead atoms. The van der Waals surface area contributed by atoms with E-state index in [0.717, 1.165) is 38.3 Å². The minimum absolute atomic E-state index is 0.332. The summed E-state index contributed by atoms with van der Waals surface area (Å²) >= 11 is 0. The molecular formula is C13H23N3O. The van der Waals surface area contributed by atoms with E-state index in [-0.39, 0.29) is 0 Å². The van der Waals surface area contributed by atoms with Gasteiger partial charge in [0.15, 0.2) is 0 Å². The summed E-state index contributed by atoms with van der Waals surface area (Å²) in [5, 5.41) is 14.2. The molecule has 1 fully saturated rings. The monoisotopic (exact) mass is 237 g/mol. The van der Waals surface area contributed by atoms with Gasteiger partial charge in [0.1, 0.15) is 5.82 Å². The summed E-state index contributed by atoms with van der Waals surface area (Å²) in [5.74, 6) is 1.34. The molecule has 0 aliphatic carbocycles. The Balaban J connectivity index is 2.14.